The molecule has 252 valence electrons. The average molecular weight is 633 g/mol. The van der Waals surface area contributed by atoms with E-state index >= 15 is 0 Å². The minimum absolute atomic E-state index is 0.0326. The van der Waals surface area contributed by atoms with E-state index in [2.05, 4.69) is 35.8 Å². The van der Waals surface area contributed by atoms with Crippen LogP contribution in [0.1, 0.15) is 92.4 Å². The largest absolute Gasteiger partial charge is 0.481 e. The van der Waals surface area contributed by atoms with Crippen LogP contribution >= 0.6 is 0 Å². The molecule has 3 N–H and O–H groups in total. The van der Waals surface area contributed by atoms with E-state index < -0.39 is 18.0 Å². The van der Waals surface area contributed by atoms with Crippen molar-refractivity contribution in [3.8, 4) is 0 Å². The van der Waals surface area contributed by atoms with Crippen molar-refractivity contribution in [3.63, 3.8) is 0 Å². The molecule has 11 heteroatoms. The zero-order valence-electron chi connectivity index (χ0n) is 27.4. The van der Waals surface area contributed by atoms with Crippen molar-refractivity contribution in [2.45, 2.75) is 135 Å². The van der Waals surface area contributed by atoms with E-state index in [1.54, 1.807) is 13.0 Å². The molecule has 0 aliphatic carbocycles. The number of carboxylic acids is 1. The second-order valence-electron chi connectivity index (χ2n) is 12.9. The molecule has 3 aliphatic rings. The Balaban J connectivity index is 1.42. The molecule has 3 rings (SSSR count). The van der Waals surface area contributed by atoms with Gasteiger partial charge < -0.3 is 34.7 Å². The van der Waals surface area contributed by atoms with Crippen molar-refractivity contribution in [2.75, 3.05) is 13.2 Å². The molecule has 0 radical (unpaired) electrons. The topological polar surface area (TPSA) is 153 Å². The summed E-state index contributed by atoms with van der Waals surface area (Å²) in [4.78, 5) is 46.5. The number of carboxylic acid groups (broad SMARTS) is 1. The molecule has 2 amide bonds. The molecular weight excluding hydrogens is 580 g/mol. The van der Waals surface area contributed by atoms with E-state index in [1.807, 2.05) is 13.8 Å². The number of ether oxygens (including phenoxy) is 4. The zero-order chi connectivity index (χ0) is 33.0. The number of esters is 1. The van der Waals surface area contributed by atoms with Crippen LogP contribution in [-0.2, 0) is 38.1 Å². The molecule has 0 aromatic carbocycles. The molecule has 0 bridgehead atoms. The molecule has 0 aromatic rings. The fraction of sp³-hybridized carbons (Fsp3) is 0.706. The number of hydrogen-bond acceptors (Lipinski definition) is 8. The molecule has 3 fully saturated rings. The van der Waals surface area contributed by atoms with Gasteiger partial charge >= 0.3 is 11.9 Å². The first-order valence-electron chi connectivity index (χ1n) is 16.3. The lowest BCUT2D eigenvalue weighted by Gasteiger charge is -2.39. The van der Waals surface area contributed by atoms with Crippen molar-refractivity contribution >= 4 is 23.8 Å². The van der Waals surface area contributed by atoms with Crippen molar-refractivity contribution < 1.29 is 43.2 Å². The summed E-state index contributed by atoms with van der Waals surface area (Å²) in [7, 11) is 0. The van der Waals surface area contributed by atoms with Crippen LogP contribution in [0.2, 0.25) is 0 Å². The molecule has 0 saturated carbocycles. The second-order valence-corrected chi connectivity index (χ2v) is 12.9. The molecule has 0 aromatic heterocycles. The van der Waals surface area contributed by atoms with E-state index in [1.165, 1.54) is 13.0 Å². The SMILES string of the molecule is CC(=O)O[C@@H](C)/C=C\C(=O)N[C@@H]1C[C@H](C)[C@H](C/C=C(C)/C=C/C2C[C@]3(CO3)C[C@@H](CC(=O)NCCCCCC(=O)O)O2)O[C@@H]1C. The van der Waals surface area contributed by atoms with Gasteiger partial charge in [0.2, 0.25) is 11.8 Å². The smallest absolute Gasteiger partial charge is 0.303 e. The second kappa shape index (κ2) is 17.6. The summed E-state index contributed by atoms with van der Waals surface area (Å²) in [5.74, 6) is -1.24. The van der Waals surface area contributed by atoms with Crippen molar-refractivity contribution in [2.24, 2.45) is 5.92 Å². The number of rotatable bonds is 16. The monoisotopic (exact) mass is 632 g/mol. The Morgan fingerprint density at radius 2 is 1.82 bits per heavy atom. The Hall–Kier alpha value is -3.02. The highest BCUT2D eigenvalue weighted by molar-refractivity contribution is 5.87. The lowest BCUT2D eigenvalue weighted by Crippen LogP contribution is -2.50. The van der Waals surface area contributed by atoms with Crippen LogP contribution in [0, 0.1) is 5.92 Å². The van der Waals surface area contributed by atoms with E-state index in [4.69, 9.17) is 24.1 Å². The molecular formula is C34H52N2O9. The Bertz CT molecular complexity index is 1110. The average Bonchev–Trinajstić information content (AvgIpc) is 3.70. The van der Waals surface area contributed by atoms with Crippen LogP contribution in [-0.4, -0.2) is 84.2 Å². The molecule has 45 heavy (non-hydrogen) atoms. The maximum atomic E-state index is 12.5. The van der Waals surface area contributed by atoms with Crippen molar-refractivity contribution in [1.29, 1.82) is 0 Å². The summed E-state index contributed by atoms with van der Waals surface area (Å²) in [6.45, 7) is 10.4. The quantitative estimate of drug-likeness (QED) is 0.0749. The highest BCUT2D eigenvalue weighted by atomic mass is 16.6. The van der Waals surface area contributed by atoms with E-state index in [9.17, 15) is 19.2 Å². The van der Waals surface area contributed by atoms with Gasteiger partial charge in [0, 0.05) is 38.8 Å². The summed E-state index contributed by atoms with van der Waals surface area (Å²) in [6.07, 6.45) is 13.9. The maximum absolute atomic E-state index is 12.5. The number of carbonyl (C=O) groups excluding carboxylic acids is 3. The van der Waals surface area contributed by atoms with E-state index in [0.717, 1.165) is 37.7 Å². The number of unbranched alkanes of at least 4 members (excludes halogenated alkanes) is 2. The maximum Gasteiger partial charge on any atom is 0.303 e. The van der Waals surface area contributed by atoms with E-state index in [0.29, 0.717) is 26.0 Å². The zero-order valence-corrected chi connectivity index (χ0v) is 27.4. The fourth-order valence-corrected chi connectivity index (χ4v) is 5.96. The highest BCUT2D eigenvalue weighted by Crippen LogP contribution is 2.43. The van der Waals surface area contributed by atoms with Crippen molar-refractivity contribution in [1.82, 2.24) is 10.6 Å². The van der Waals surface area contributed by atoms with Gasteiger partial charge in [-0.15, -0.1) is 0 Å². The summed E-state index contributed by atoms with van der Waals surface area (Å²) in [5.41, 5.74) is 0.897. The number of hydrogen-bond donors (Lipinski definition) is 3. The highest BCUT2D eigenvalue weighted by Gasteiger charge is 2.51. The normalized spacial score (nSPS) is 30.7. The molecule has 3 aliphatic heterocycles. The third kappa shape index (κ3) is 13.5. The Morgan fingerprint density at radius 3 is 2.51 bits per heavy atom. The molecule has 1 spiro atoms. The summed E-state index contributed by atoms with van der Waals surface area (Å²) in [6, 6.07) is -0.110. The van der Waals surface area contributed by atoms with Gasteiger partial charge in [0.25, 0.3) is 0 Å². The fourth-order valence-electron chi connectivity index (χ4n) is 5.96. The number of amides is 2. The van der Waals surface area contributed by atoms with Crippen LogP contribution < -0.4 is 10.6 Å². The van der Waals surface area contributed by atoms with Crippen LogP contribution in [0.5, 0.6) is 0 Å². The Morgan fingerprint density at radius 1 is 1.07 bits per heavy atom. The first-order chi connectivity index (χ1) is 21.3. The number of carbonyl (C=O) groups is 4. The van der Waals surface area contributed by atoms with Gasteiger partial charge in [-0.2, -0.15) is 0 Å². The molecule has 11 nitrogen and oxygen atoms in total. The van der Waals surface area contributed by atoms with Gasteiger partial charge in [0.15, 0.2) is 0 Å². The van der Waals surface area contributed by atoms with Gasteiger partial charge in [-0.05, 0) is 58.4 Å². The molecule has 3 heterocycles. The first kappa shape index (κ1) is 36.4. The third-order valence-electron chi connectivity index (χ3n) is 8.56. The number of aliphatic carboxylic acids is 1. The van der Waals surface area contributed by atoms with Crippen molar-refractivity contribution in [3.05, 3.63) is 36.0 Å². The van der Waals surface area contributed by atoms with E-state index in [-0.39, 0.29) is 66.6 Å². The lowest BCUT2D eigenvalue weighted by molar-refractivity contribution is -0.143. The van der Waals surface area contributed by atoms with Gasteiger partial charge in [0.05, 0.1) is 49.1 Å². The van der Waals surface area contributed by atoms with Crippen LogP contribution in [0.15, 0.2) is 36.0 Å². The number of epoxide rings is 1. The minimum Gasteiger partial charge on any atom is -0.481 e. The molecule has 1 unspecified atom stereocenters. The summed E-state index contributed by atoms with van der Waals surface area (Å²) >= 11 is 0. The van der Waals surface area contributed by atoms with Gasteiger partial charge in [0.1, 0.15) is 6.10 Å². The Kier molecular flexibility index (Phi) is 14.3. The standard InChI is InChI=1S/C34H52N2O9/c1-22(11-14-30-23(2)17-29(25(4)44-30)36-31(38)15-12-24(3)43-26(5)37)10-13-27-19-34(21-42-34)20-28(45-27)18-32(39)35-16-8-6-7-9-33(40)41/h10-13,15,23-25,27-30H,6-9,14,16-21H2,1-5H3,(H,35,39)(H,36,38)(H,40,41)/b13-10+,15-12-,22-11+/t23-,24-,25+,27?,28+,29+,30-,34+/m0/s1. The van der Waals surface area contributed by atoms with Crippen LogP contribution in [0.3, 0.4) is 0 Å². The van der Waals surface area contributed by atoms with Gasteiger partial charge in [-0.3, -0.25) is 19.2 Å². The molecule has 8 atom stereocenters. The first-order valence-corrected chi connectivity index (χ1v) is 16.3. The summed E-state index contributed by atoms with van der Waals surface area (Å²) in [5, 5.41) is 14.7. The third-order valence-corrected chi connectivity index (χ3v) is 8.56. The Labute approximate surface area is 267 Å². The lowest BCUT2D eigenvalue weighted by atomic mass is 9.88. The summed E-state index contributed by atoms with van der Waals surface area (Å²) < 4.78 is 23.4. The van der Waals surface area contributed by atoms with Gasteiger partial charge in [-0.25, -0.2) is 0 Å². The predicted octanol–water partition coefficient (Wildman–Crippen LogP) is 4.15. The molecule has 3 saturated heterocycles. The number of nitrogens with one attached hydrogen (secondary N) is 2. The predicted molar refractivity (Wildman–Crippen MR) is 168 cm³/mol. The van der Waals surface area contributed by atoms with Gasteiger partial charge in [-0.1, -0.05) is 37.1 Å². The number of allylic oxidation sites excluding steroid dienone is 2. The van der Waals surface area contributed by atoms with Crippen LogP contribution in [0.4, 0.5) is 0 Å². The van der Waals surface area contributed by atoms with Crippen LogP contribution in [0.25, 0.3) is 0 Å². The minimum atomic E-state index is -0.793.